The van der Waals surface area contributed by atoms with Crippen molar-refractivity contribution in [1.82, 2.24) is 19.9 Å². The van der Waals surface area contributed by atoms with Gasteiger partial charge >= 0.3 is 0 Å². The summed E-state index contributed by atoms with van der Waals surface area (Å²) in [5.74, 6) is -1.11. The van der Waals surface area contributed by atoms with Crippen molar-refractivity contribution in [2.75, 3.05) is 18.1 Å². The smallest absolute Gasteiger partial charge is 0.256 e. The average Bonchev–Trinajstić information content (AvgIpc) is 3.09. The highest BCUT2D eigenvalue weighted by Crippen LogP contribution is 2.29. The Morgan fingerprint density at radius 3 is 2.90 bits per heavy atom. The molecule has 29 heavy (non-hydrogen) atoms. The summed E-state index contributed by atoms with van der Waals surface area (Å²) >= 11 is 0. The summed E-state index contributed by atoms with van der Waals surface area (Å²) in [6, 6.07) is 3.82. The van der Waals surface area contributed by atoms with Crippen LogP contribution in [0.25, 0.3) is 5.65 Å². The highest BCUT2D eigenvalue weighted by atomic mass is 19.1. The molecule has 1 aliphatic rings. The molecule has 3 heterocycles. The first-order valence-electron chi connectivity index (χ1n) is 9.44. The first-order valence-corrected chi connectivity index (χ1v) is 9.44. The molecule has 0 saturated carbocycles. The molecule has 3 aromatic rings. The molecule has 0 saturated heterocycles. The Kier molecular flexibility index (Phi) is 5.04. The van der Waals surface area contributed by atoms with E-state index in [2.05, 4.69) is 15.4 Å². The van der Waals surface area contributed by atoms with Gasteiger partial charge in [0.2, 0.25) is 0 Å². The van der Waals surface area contributed by atoms with Gasteiger partial charge in [0.15, 0.2) is 17.2 Å². The van der Waals surface area contributed by atoms with Gasteiger partial charge in [0.1, 0.15) is 17.2 Å². The minimum Gasteiger partial charge on any atom is -0.490 e. The number of rotatable bonds is 1. The predicted molar refractivity (Wildman–Crippen MR) is 103 cm³/mol. The molecule has 0 aliphatic carbocycles. The molecule has 9 heteroatoms. The van der Waals surface area contributed by atoms with Crippen molar-refractivity contribution in [2.45, 2.75) is 32.9 Å². The van der Waals surface area contributed by atoms with Crippen LogP contribution >= 0.6 is 0 Å². The normalized spacial score (nSPS) is 15.2. The summed E-state index contributed by atoms with van der Waals surface area (Å²) in [7, 11) is 0. The molecule has 0 unspecified atom stereocenters. The van der Waals surface area contributed by atoms with Gasteiger partial charge in [0.05, 0.1) is 12.8 Å². The Labute approximate surface area is 166 Å². The largest absolute Gasteiger partial charge is 0.490 e. The quantitative estimate of drug-likeness (QED) is 0.679. The molecular weight excluding hydrogens is 380 g/mol. The summed E-state index contributed by atoms with van der Waals surface area (Å²) in [5.41, 5.74) is 1.18. The van der Waals surface area contributed by atoms with E-state index < -0.39 is 11.6 Å². The molecule has 0 fully saturated rings. The van der Waals surface area contributed by atoms with Crippen LogP contribution < -0.4 is 15.0 Å². The molecule has 2 aromatic heterocycles. The number of nitrogens with zero attached hydrogens (tertiary/aromatic N) is 4. The second-order valence-corrected chi connectivity index (χ2v) is 7.17. The Balaban J connectivity index is 1.85. The number of amides is 1. The highest BCUT2D eigenvalue weighted by molar-refractivity contribution is 5.99. The minimum absolute atomic E-state index is 0.0200. The third-order valence-corrected chi connectivity index (χ3v) is 4.80. The zero-order chi connectivity index (χ0) is 20.5. The number of nitrogens with one attached hydrogen (secondary N) is 1. The maximum Gasteiger partial charge on any atom is 0.256 e. The van der Waals surface area contributed by atoms with Crippen molar-refractivity contribution in [3.8, 4) is 5.75 Å². The Morgan fingerprint density at radius 1 is 1.28 bits per heavy atom. The van der Waals surface area contributed by atoms with E-state index in [-0.39, 0.29) is 30.9 Å². The first kappa shape index (κ1) is 19.1. The maximum atomic E-state index is 14.4. The van der Waals surface area contributed by atoms with Gasteiger partial charge in [-0.05, 0) is 32.4 Å². The molecule has 0 atom stereocenters. The lowest BCUT2D eigenvalue weighted by Crippen LogP contribution is -2.32. The fourth-order valence-electron chi connectivity index (χ4n) is 3.33. The number of halogens is 2. The van der Waals surface area contributed by atoms with Crippen molar-refractivity contribution in [2.24, 2.45) is 0 Å². The summed E-state index contributed by atoms with van der Waals surface area (Å²) in [4.78, 5) is 19.0. The molecule has 1 N–H and O–H groups in total. The van der Waals surface area contributed by atoms with Crippen LogP contribution in [0.4, 0.5) is 14.6 Å². The van der Waals surface area contributed by atoms with Crippen LogP contribution in [0.15, 0.2) is 30.6 Å². The first-order chi connectivity index (χ1) is 13.9. The predicted octanol–water partition coefficient (Wildman–Crippen LogP) is 2.93. The topological polar surface area (TPSA) is 71.8 Å². The summed E-state index contributed by atoms with van der Waals surface area (Å²) in [6.07, 6.45) is 3.65. The van der Waals surface area contributed by atoms with Gasteiger partial charge in [0, 0.05) is 37.0 Å². The second kappa shape index (κ2) is 7.65. The molecule has 152 valence electrons. The number of hydrogen-bond acceptors (Lipinski definition) is 5. The molecule has 4 rings (SSSR count). The average molecular weight is 401 g/mol. The Hall–Kier alpha value is -3.23. The van der Waals surface area contributed by atoms with E-state index in [1.54, 1.807) is 12.3 Å². The zero-order valence-corrected chi connectivity index (χ0v) is 16.2. The Bertz CT molecular complexity index is 1070. The number of ether oxygens (including phenoxy) is 1. The molecule has 1 aromatic carbocycles. The Morgan fingerprint density at radius 2 is 2.10 bits per heavy atom. The summed E-state index contributed by atoms with van der Waals surface area (Å²) in [6.45, 7) is 4.63. The molecule has 1 aliphatic heterocycles. The number of carbonyl (C=O) groups is 1. The lowest BCUT2D eigenvalue weighted by Gasteiger charge is -2.29. The molecule has 2 bridgehead atoms. The zero-order valence-electron chi connectivity index (χ0n) is 16.2. The van der Waals surface area contributed by atoms with Gasteiger partial charge in [-0.1, -0.05) is 0 Å². The lowest BCUT2D eigenvalue weighted by molar-refractivity contribution is 0.0953. The SMILES string of the molecule is CC(C)N1Cc2cc(F)cc(F)c2OCCCNC(=O)c2cnn3ccc1nc23. The van der Waals surface area contributed by atoms with Gasteiger partial charge in [-0.25, -0.2) is 18.3 Å². The van der Waals surface area contributed by atoms with E-state index in [9.17, 15) is 13.6 Å². The molecule has 7 nitrogen and oxygen atoms in total. The van der Waals surface area contributed by atoms with Crippen LogP contribution in [0.5, 0.6) is 5.75 Å². The number of hydrogen-bond donors (Lipinski definition) is 1. The van der Waals surface area contributed by atoms with E-state index in [0.717, 1.165) is 6.07 Å². The fourth-order valence-corrected chi connectivity index (χ4v) is 3.33. The number of fused-ring (bicyclic) bond motifs is 2. The summed E-state index contributed by atoms with van der Waals surface area (Å²) in [5, 5.41) is 6.98. The van der Waals surface area contributed by atoms with Crippen molar-refractivity contribution in [3.63, 3.8) is 0 Å². The number of anilines is 1. The van der Waals surface area contributed by atoms with Crippen LogP contribution in [0.1, 0.15) is 36.2 Å². The number of benzene rings is 1. The second-order valence-electron chi connectivity index (χ2n) is 7.17. The standard InChI is InChI=1S/C20H21F2N5O2/c1-12(2)26-11-13-8-14(21)9-16(22)18(13)29-7-3-5-23-20(28)15-10-24-27-6-4-17(26)25-19(15)27/h4,6,8-10,12H,3,5,7,11H2,1-2H3,(H,23,28). The van der Waals surface area contributed by atoms with Gasteiger partial charge in [-0.2, -0.15) is 5.10 Å². The van der Waals surface area contributed by atoms with Crippen molar-refractivity contribution in [3.05, 3.63) is 53.4 Å². The monoisotopic (exact) mass is 401 g/mol. The molecule has 0 spiro atoms. The van der Waals surface area contributed by atoms with Crippen LogP contribution in [-0.2, 0) is 6.54 Å². The molecule has 0 radical (unpaired) electrons. The molecular formula is C20H21F2N5O2. The van der Waals surface area contributed by atoms with Crippen LogP contribution in [-0.4, -0.2) is 39.7 Å². The van der Waals surface area contributed by atoms with Gasteiger partial charge < -0.3 is 15.0 Å². The van der Waals surface area contributed by atoms with Crippen molar-refractivity contribution in [1.29, 1.82) is 0 Å². The van der Waals surface area contributed by atoms with Crippen LogP contribution in [0.2, 0.25) is 0 Å². The number of carbonyl (C=O) groups excluding carboxylic acids is 1. The van der Waals surface area contributed by atoms with Gasteiger partial charge in [-0.15, -0.1) is 0 Å². The minimum atomic E-state index is -0.749. The van der Waals surface area contributed by atoms with E-state index >= 15 is 0 Å². The number of aromatic nitrogens is 3. The van der Waals surface area contributed by atoms with Crippen molar-refractivity contribution < 1.29 is 18.3 Å². The van der Waals surface area contributed by atoms with Crippen LogP contribution in [0, 0.1) is 11.6 Å². The maximum absolute atomic E-state index is 14.4. The highest BCUT2D eigenvalue weighted by Gasteiger charge is 2.21. The van der Waals surface area contributed by atoms with E-state index in [1.807, 2.05) is 18.7 Å². The van der Waals surface area contributed by atoms with Gasteiger partial charge in [-0.3, -0.25) is 4.79 Å². The summed E-state index contributed by atoms with van der Waals surface area (Å²) < 4.78 is 35.5. The third-order valence-electron chi connectivity index (χ3n) is 4.80. The van der Waals surface area contributed by atoms with Crippen molar-refractivity contribution >= 4 is 17.4 Å². The van der Waals surface area contributed by atoms with Crippen LogP contribution in [0.3, 0.4) is 0 Å². The van der Waals surface area contributed by atoms with E-state index in [0.29, 0.717) is 35.6 Å². The molecule has 1 amide bonds. The fraction of sp³-hybridized carbons (Fsp3) is 0.350. The lowest BCUT2D eigenvalue weighted by atomic mass is 10.1. The van der Waals surface area contributed by atoms with E-state index in [1.165, 1.54) is 16.8 Å². The third kappa shape index (κ3) is 3.72. The van der Waals surface area contributed by atoms with E-state index in [4.69, 9.17) is 4.74 Å². The van der Waals surface area contributed by atoms with Gasteiger partial charge in [0.25, 0.3) is 5.91 Å².